The van der Waals surface area contributed by atoms with Crippen LogP contribution < -0.4 is 0 Å². The Balaban J connectivity index is 2.06. The first kappa shape index (κ1) is 9.96. The highest BCUT2D eigenvalue weighted by molar-refractivity contribution is 7.99. The number of hydrogen-bond acceptors (Lipinski definition) is 4. The first-order valence-corrected chi connectivity index (χ1v) is 6.62. The zero-order valence-corrected chi connectivity index (χ0v) is 9.65. The fraction of sp³-hybridized carbons (Fsp3) is 0.455. The van der Waals surface area contributed by atoms with E-state index in [1.807, 2.05) is 28.4 Å². The van der Waals surface area contributed by atoms with E-state index in [4.69, 9.17) is 0 Å². The molecule has 4 nitrogen and oxygen atoms in total. The summed E-state index contributed by atoms with van der Waals surface area (Å²) >= 11 is 2.00. The summed E-state index contributed by atoms with van der Waals surface area (Å²) in [5.74, 6) is 4.06. The Morgan fingerprint density at radius 1 is 1.31 bits per heavy atom. The van der Waals surface area contributed by atoms with Crippen molar-refractivity contribution in [1.82, 2.24) is 14.6 Å². The first-order chi connectivity index (χ1) is 7.86. The van der Waals surface area contributed by atoms with Crippen molar-refractivity contribution in [3.8, 4) is 5.75 Å². The normalized spacial score (nSPS) is 18.0. The summed E-state index contributed by atoms with van der Waals surface area (Å²) in [5.41, 5.74) is 0.565. The molecule has 0 amide bonds. The van der Waals surface area contributed by atoms with Crippen LogP contribution in [-0.2, 0) is 0 Å². The van der Waals surface area contributed by atoms with Crippen molar-refractivity contribution in [2.45, 2.75) is 18.8 Å². The molecule has 16 heavy (non-hydrogen) atoms. The second kappa shape index (κ2) is 3.97. The Labute approximate surface area is 97.7 Å². The van der Waals surface area contributed by atoms with Gasteiger partial charge in [-0.2, -0.15) is 11.8 Å². The molecule has 5 heteroatoms. The maximum atomic E-state index is 9.66. The molecule has 0 radical (unpaired) electrons. The monoisotopic (exact) mass is 235 g/mol. The van der Waals surface area contributed by atoms with Crippen LogP contribution in [0.3, 0.4) is 0 Å². The molecule has 3 heterocycles. The quantitative estimate of drug-likeness (QED) is 0.822. The lowest BCUT2D eigenvalue weighted by Gasteiger charge is -2.19. The van der Waals surface area contributed by atoms with Gasteiger partial charge in [0.25, 0.3) is 0 Å². The molecular formula is C11H13N3OS. The number of aromatic nitrogens is 3. The van der Waals surface area contributed by atoms with Gasteiger partial charge >= 0.3 is 0 Å². The van der Waals surface area contributed by atoms with Crippen LogP contribution in [-0.4, -0.2) is 31.2 Å². The SMILES string of the molecule is Oc1cccn2c(C3CCSCC3)nnc12. The highest BCUT2D eigenvalue weighted by Gasteiger charge is 2.21. The van der Waals surface area contributed by atoms with Crippen molar-refractivity contribution in [3.05, 3.63) is 24.2 Å². The number of aromatic hydroxyl groups is 1. The standard InChI is InChI=1S/C11H13N3OS/c15-9-2-1-5-14-10(12-13-11(9)14)8-3-6-16-7-4-8/h1-2,5,8,15H,3-4,6-7H2. The fourth-order valence-electron chi connectivity index (χ4n) is 2.15. The van der Waals surface area contributed by atoms with Crippen LogP contribution in [0, 0.1) is 0 Å². The lowest BCUT2D eigenvalue weighted by atomic mass is 10.0. The molecule has 2 aromatic rings. The molecule has 0 saturated carbocycles. The summed E-state index contributed by atoms with van der Waals surface area (Å²) in [6.45, 7) is 0. The van der Waals surface area contributed by atoms with Crippen LogP contribution >= 0.6 is 11.8 Å². The van der Waals surface area contributed by atoms with Gasteiger partial charge in [-0.15, -0.1) is 10.2 Å². The van der Waals surface area contributed by atoms with Crippen molar-refractivity contribution in [2.24, 2.45) is 0 Å². The van der Waals surface area contributed by atoms with Gasteiger partial charge in [0, 0.05) is 12.1 Å². The average Bonchev–Trinajstić information content (AvgIpc) is 2.75. The van der Waals surface area contributed by atoms with Crippen LogP contribution in [0.25, 0.3) is 5.65 Å². The van der Waals surface area contributed by atoms with Crippen LogP contribution in [0.15, 0.2) is 18.3 Å². The number of pyridine rings is 1. The third kappa shape index (κ3) is 1.55. The van der Waals surface area contributed by atoms with Crippen molar-refractivity contribution >= 4 is 17.4 Å². The number of nitrogens with zero attached hydrogens (tertiary/aromatic N) is 3. The van der Waals surface area contributed by atoms with E-state index >= 15 is 0 Å². The third-order valence-corrected chi connectivity index (χ3v) is 4.08. The number of hydrogen-bond donors (Lipinski definition) is 1. The first-order valence-electron chi connectivity index (χ1n) is 5.46. The second-order valence-electron chi connectivity index (χ2n) is 4.03. The van der Waals surface area contributed by atoms with E-state index in [0.717, 1.165) is 18.7 Å². The van der Waals surface area contributed by atoms with Gasteiger partial charge in [-0.3, -0.25) is 4.40 Å². The van der Waals surface area contributed by atoms with Gasteiger partial charge in [0.1, 0.15) is 5.82 Å². The maximum absolute atomic E-state index is 9.66. The molecule has 1 saturated heterocycles. The van der Waals surface area contributed by atoms with Gasteiger partial charge in [0.05, 0.1) is 0 Å². The van der Waals surface area contributed by atoms with E-state index < -0.39 is 0 Å². The predicted octanol–water partition coefficient (Wildman–Crippen LogP) is 2.05. The van der Waals surface area contributed by atoms with Gasteiger partial charge in [0.15, 0.2) is 5.75 Å². The minimum absolute atomic E-state index is 0.200. The zero-order chi connectivity index (χ0) is 11.0. The lowest BCUT2D eigenvalue weighted by Crippen LogP contribution is -2.11. The highest BCUT2D eigenvalue weighted by atomic mass is 32.2. The summed E-state index contributed by atoms with van der Waals surface area (Å²) in [4.78, 5) is 0. The summed E-state index contributed by atoms with van der Waals surface area (Å²) in [6, 6.07) is 3.47. The molecule has 1 aliphatic heterocycles. The molecule has 84 valence electrons. The Morgan fingerprint density at radius 2 is 2.12 bits per heavy atom. The van der Waals surface area contributed by atoms with E-state index in [-0.39, 0.29) is 5.75 Å². The van der Waals surface area contributed by atoms with Crippen LogP contribution in [0.5, 0.6) is 5.75 Å². The van der Waals surface area contributed by atoms with Crippen LogP contribution in [0.1, 0.15) is 24.6 Å². The molecule has 2 aromatic heterocycles. The summed E-state index contributed by atoms with van der Waals surface area (Å²) in [5, 5.41) is 17.9. The van der Waals surface area contributed by atoms with Crippen LogP contribution in [0.2, 0.25) is 0 Å². The largest absolute Gasteiger partial charge is 0.504 e. The van der Waals surface area contributed by atoms with E-state index in [1.54, 1.807) is 6.07 Å². The second-order valence-corrected chi connectivity index (χ2v) is 5.26. The molecule has 0 spiro atoms. The number of rotatable bonds is 1. The Morgan fingerprint density at radius 3 is 2.94 bits per heavy atom. The van der Waals surface area contributed by atoms with Crippen LogP contribution in [0.4, 0.5) is 0 Å². The number of fused-ring (bicyclic) bond motifs is 1. The summed E-state index contributed by atoms with van der Waals surface area (Å²) < 4.78 is 1.91. The Hall–Kier alpha value is -1.23. The molecule has 1 fully saturated rings. The molecule has 0 unspecified atom stereocenters. The van der Waals surface area contributed by atoms with Gasteiger partial charge in [-0.25, -0.2) is 0 Å². The third-order valence-electron chi connectivity index (χ3n) is 3.03. The van der Waals surface area contributed by atoms with E-state index in [1.165, 1.54) is 11.5 Å². The summed E-state index contributed by atoms with van der Waals surface area (Å²) in [7, 11) is 0. The highest BCUT2D eigenvalue weighted by Crippen LogP contribution is 2.31. The molecule has 0 atom stereocenters. The van der Waals surface area contributed by atoms with Crippen molar-refractivity contribution in [3.63, 3.8) is 0 Å². The lowest BCUT2D eigenvalue weighted by molar-refractivity contribution is 0.477. The summed E-state index contributed by atoms with van der Waals surface area (Å²) in [6.07, 6.45) is 4.23. The molecule has 0 aliphatic carbocycles. The molecule has 0 bridgehead atoms. The molecule has 0 aromatic carbocycles. The van der Waals surface area contributed by atoms with E-state index in [0.29, 0.717) is 11.6 Å². The van der Waals surface area contributed by atoms with Gasteiger partial charge < -0.3 is 5.11 Å². The van der Waals surface area contributed by atoms with Crippen molar-refractivity contribution in [1.29, 1.82) is 0 Å². The Kier molecular flexibility index (Phi) is 2.47. The molecule has 1 N–H and O–H groups in total. The zero-order valence-electron chi connectivity index (χ0n) is 8.83. The fourth-order valence-corrected chi connectivity index (χ4v) is 3.26. The minimum atomic E-state index is 0.200. The van der Waals surface area contributed by atoms with E-state index in [2.05, 4.69) is 10.2 Å². The van der Waals surface area contributed by atoms with Crippen molar-refractivity contribution < 1.29 is 5.11 Å². The average molecular weight is 235 g/mol. The van der Waals surface area contributed by atoms with Gasteiger partial charge in [-0.1, -0.05) is 0 Å². The maximum Gasteiger partial charge on any atom is 0.203 e. The smallest absolute Gasteiger partial charge is 0.203 e. The predicted molar refractivity (Wildman–Crippen MR) is 64.0 cm³/mol. The van der Waals surface area contributed by atoms with E-state index in [9.17, 15) is 5.11 Å². The molecule has 3 rings (SSSR count). The van der Waals surface area contributed by atoms with Crippen molar-refractivity contribution in [2.75, 3.05) is 11.5 Å². The topological polar surface area (TPSA) is 50.4 Å². The molecular weight excluding hydrogens is 222 g/mol. The molecule has 1 aliphatic rings. The van der Waals surface area contributed by atoms with Gasteiger partial charge in [-0.05, 0) is 36.5 Å². The Bertz CT molecular complexity index is 505. The van der Waals surface area contributed by atoms with Gasteiger partial charge in [0.2, 0.25) is 5.65 Å². The number of thioether (sulfide) groups is 1. The minimum Gasteiger partial charge on any atom is -0.504 e.